The zero-order valence-corrected chi connectivity index (χ0v) is 19.3. The summed E-state index contributed by atoms with van der Waals surface area (Å²) < 4.78 is 0. The summed E-state index contributed by atoms with van der Waals surface area (Å²) in [4.78, 5) is 32.1. The van der Waals surface area contributed by atoms with Crippen LogP contribution >= 0.6 is 22.7 Å². The molecule has 0 bridgehead atoms. The summed E-state index contributed by atoms with van der Waals surface area (Å²) in [5.41, 5.74) is 2.96. The maximum atomic E-state index is 13.4. The fraction of sp³-hybridized carbons (Fsp3) is 0. The first-order valence-corrected chi connectivity index (χ1v) is 12.1. The number of carbonyl (C=O) groups excluding carboxylic acids is 1. The zero-order chi connectivity index (χ0) is 23.5. The molecule has 2 heterocycles. The number of thiophene rings is 1. The van der Waals surface area contributed by atoms with E-state index in [1.165, 1.54) is 34.8 Å². The van der Waals surface area contributed by atoms with Crippen LogP contribution in [-0.2, 0) is 0 Å². The molecule has 0 amide bonds. The third kappa shape index (κ3) is 4.24. The number of carbonyl (C=O) groups is 1. The number of nitrogens with zero attached hydrogens (tertiary/aromatic N) is 3. The van der Waals surface area contributed by atoms with Crippen molar-refractivity contribution in [1.82, 2.24) is 4.98 Å². The van der Waals surface area contributed by atoms with E-state index in [1.54, 1.807) is 18.2 Å². The first kappa shape index (κ1) is 21.7. The van der Waals surface area contributed by atoms with Gasteiger partial charge < -0.3 is 0 Å². The van der Waals surface area contributed by atoms with Gasteiger partial charge in [-0.05, 0) is 47.8 Å². The van der Waals surface area contributed by atoms with Gasteiger partial charge in [-0.25, -0.2) is 4.98 Å². The van der Waals surface area contributed by atoms with E-state index in [0.29, 0.717) is 26.1 Å². The Morgan fingerprint density at radius 1 is 0.824 bits per heavy atom. The molecule has 166 valence electrons. The van der Waals surface area contributed by atoms with Gasteiger partial charge in [-0.1, -0.05) is 53.8 Å². The number of nitro benzene ring substituents is 1. The second kappa shape index (κ2) is 9.38. The predicted molar refractivity (Wildman–Crippen MR) is 137 cm³/mol. The van der Waals surface area contributed by atoms with E-state index < -0.39 is 4.92 Å². The standard InChI is InChI=1S/C26H17N3O3S2/c30-24(22-12-7-17-33-22)25-23(18-13-15-21(16-14-18)29(31)32)27-26(34-25)28(19-8-3-1-4-9-19)20-10-5-2-6-11-20/h1-17H. The van der Waals surface area contributed by atoms with Gasteiger partial charge >= 0.3 is 0 Å². The number of hydrogen-bond donors (Lipinski definition) is 0. The molecule has 34 heavy (non-hydrogen) atoms. The van der Waals surface area contributed by atoms with Gasteiger partial charge in [0.25, 0.3) is 5.69 Å². The van der Waals surface area contributed by atoms with Crippen LogP contribution in [-0.4, -0.2) is 15.7 Å². The van der Waals surface area contributed by atoms with E-state index in [9.17, 15) is 14.9 Å². The molecule has 0 radical (unpaired) electrons. The first-order valence-electron chi connectivity index (χ1n) is 10.4. The number of non-ortho nitro benzene ring substituents is 1. The lowest BCUT2D eigenvalue weighted by Gasteiger charge is -2.22. The number of rotatable bonds is 7. The Hall–Kier alpha value is -4.14. The molecule has 0 spiro atoms. The number of benzene rings is 3. The monoisotopic (exact) mass is 483 g/mol. The summed E-state index contributed by atoms with van der Waals surface area (Å²) in [6.07, 6.45) is 0. The molecule has 0 saturated heterocycles. The molecule has 0 fully saturated rings. The topological polar surface area (TPSA) is 76.3 Å². The molecule has 3 aromatic carbocycles. The largest absolute Gasteiger partial charge is 0.287 e. The second-order valence-electron chi connectivity index (χ2n) is 7.29. The van der Waals surface area contributed by atoms with Crippen LogP contribution < -0.4 is 4.90 Å². The number of nitro groups is 1. The Morgan fingerprint density at radius 3 is 1.97 bits per heavy atom. The summed E-state index contributed by atoms with van der Waals surface area (Å²) in [6.45, 7) is 0. The van der Waals surface area contributed by atoms with E-state index in [2.05, 4.69) is 0 Å². The fourth-order valence-electron chi connectivity index (χ4n) is 3.54. The molecule has 0 saturated carbocycles. The van der Waals surface area contributed by atoms with Crippen LogP contribution in [0, 0.1) is 10.1 Å². The molecule has 8 heteroatoms. The number of para-hydroxylation sites is 2. The van der Waals surface area contributed by atoms with Crippen molar-refractivity contribution in [3.8, 4) is 11.3 Å². The Labute approximate surface area is 203 Å². The number of anilines is 3. The van der Waals surface area contributed by atoms with Crippen LogP contribution in [0.2, 0.25) is 0 Å². The average molecular weight is 484 g/mol. The van der Waals surface area contributed by atoms with Crippen molar-refractivity contribution in [2.45, 2.75) is 0 Å². The first-order chi connectivity index (χ1) is 16.6. The molecule has 5 rings (SSSR count). The number of ketones is 1. The van der Waals surface area contributed by atoms with Crippen LogP contribution in [0.3, 0.4) is 0 Å². The molecule has 2 aromatic heterocycles. The van der Waals surface area contributed by atoms with E-state index in [-0.39, 0.29) is 11.5 Å². The second-order valence-corrected chi connectivity index (χ2v) is 9.22. The number of thiazole rings is 1. The fourth-order valence-corrected chi connectivity index (χ4v) is 5.36. The van der Waals surface area contributed by atoms with Crippen LogP contribution in [0.15, 0.2) is 102 Å². The molecule has 0 unspecified atom stereocenters. The SMILES string of the molecule is O=C(c1cccs1)c1sc(N(c2ccccc2)c2ccccc2)nc1-c1ccc([N+](=O)[O-])cc1. The van der Waals surface area contributed by atoms with E-state index in [4.69, 9.17) is 4.98 Å². The molecule has 0 atom stereocenters. The quantitative estimate of drug-likeness (QED) is 0.136. The van der Waals surface area contributed by atoms with Gasteiger partial charge in [-0.15, -0.1) is 11.3 Å². The van der Waals surface area contributed by atoms with Gasteiger partial charge in [-0.2, -0.15) is 0 Å². The summed E-state index contributed by atoms with van der Waals surface area (Å²) in [5.74, 6) is -0.117. The number of hydrogen-bond acceptors (Lipinski definition) is 7. The van der Waals surface area contributed by atoms with E-state index >= 15 is 0 Å². The molecule has 6 nitrogen and oxygen atoms in total. The summed E-state index contributed by atoms with van der Waals surface area (Å²) in [7, 11) is 0. The Bertz CT molecular complexity index is 1390. The van der Waals surface area contributed by atoms with Crippen LogP contribution in [0.5, 0.6) is 0 Å². The molecule has 0 aliphatic heterocycles. The average Bonchev–Trinajstić information content (AvgIpc) is 3.56. The van der Waals surface area contributed by atoms with Gasteiger partial charge in [0.15, 0.2) is 5.13 Å². The van der Waals surface area contributed by atoms with Crippen molar-refractivity contribution in [2.24, 2.45) is 0 Å². The van der Waals surface area contributed by atoms with Gasteiger partial charge in [0.05, 0.1) is 15.5 Å². The minimum absolute atomic E-state index is 0.0134. The molecular weight excluding hydrogens is 466 g/mol. The lowest BCUT2D eigenvalue weighted by atomic mass is 10.1. The van der Waals surface area contributed by atoms with Crippen molar-refractivity contribution < 1.29 is 9.72 Å². The van der Waals surface area contributed by atoms with E-state index in [1.807, 2.05) is 77.0 Å². The Balaban J connectivity index is 1.69. The van der Waals surface area contributed by atoms with Gasteiger partial charge in [0, 0.05) is 29.1 Å². The van der Waals surface area contributed by atoms with Crippen molar-refractivity contribution in [2.75, 3.05) is 4.90 Å². The van der Waals surface area contributed by atoms with Crippen LogP contribution in [0.25, 0.3) is 11.3 Å². The summed E-state index contributed by atoms with van der Waals surface area (Å²) >= 11 is 2.68. The van der Waals surface area contributed by atoms with E-state index in [0.717, 1.165) is 11.4 Å². The molecule has 5 aromatic rings. The normalized spacial score (nSPS) is 10.7. The van der Waals surface area contributed by atoms with Crippen molar-refractivity contribution >= 4 is 50.7 Å². The highest BCUT2D eigenvalue weighted by molar-refractivity contribution is 7.19. The van der Waals surface area contributed by atoms with Crippen molar-refractivity contribution in [3.63, 3.8) is 0 Å². The number of aromatic nitrogens is 1. The van der Waals surface area contributed by atoms with Crippen LogP contribution in [0.4, 0.5) is 22.2 Å². The lowest BCUT2D eigenvalue weighted by molar-refractivity contribution is -0.384. The van der Waals surface area contributed by atoms with Gasteiger partial charge in [-0.3, -0.25) is 19.8 Å². The molecule has 0 aliphatic rings. The summed E-state index contributed by atoms with van der Waals surface area (Å²) in [6, 6.07) is 29.4. The predicted octanol–water partition coefficient (Wildman–Crippen LogP) is 7.48. The lowest BCUT2D eigenvalue weighted by Crippen LogP contribution is -2.09. The minimum Gasteiger partial charge on any atom is -0.287 e. The summed E-state index contributed by atoms with van der Waals surface area (Å²) in [5, 5.41) is 13.6. The highest BCUT2D eigenvalue weighted by Crippen LogP contribution is 2.41. The van der Waals surface area contributed by atoms with Crippen molar-refractivity contribution in [1.29, 1.82) is 0 Å². The van der Waals surface area contributed by atoms with Crippen LogP contribution in [0.1, 0.15) is 14.5 Å². The third-order valence-electron chi connectivity index (χ3n) is 5.14. The Morgan fingerprint density at radius 2 is 1.44 bits per heavy atom. The van der Waals surface area contributed by atoms with Gasteiger partial charge in [0.2, 0.25) is 5.78 Å². The van der Waals surface area contributed by atoms with Crippen molar-refractivity contribution in [3.05, 3.63) is 122 Å². The zero-order valence-electron chi connectivity index (χ0n) is 17.7. The maximum Gasteiger partial charge on any atom is 0.269 e. The molecule has 0 N–H and O–H groups in total. The highest BCUT2D eigenvalue weighted by atomic mass is 32.1. The minimum atomic E-state index is -0.444. The maximum absolute atomic E-state index is 13.4. The molecule has 0 aliphatic carbocycles. The smallest absolute Gasteiger partial charge is 0.269 e. The Kier molecular flexibility index (Phi) is 5.99. The molecular formula is C26H17N3O3S2. The third-order valence-corrected chi connectivity index (χ3v) is 7.05. The highest BCUT2D eigenvalue weighted by Gasteiger charge is 2.25. The van der Waals surface area contributed by atoms with Gasteiger partial charge in [0.1, 0.15) is 4.88 Å².